The molecule has 0 spiro atoms. The number of ketones is 3. The van der Waals surface area contributed by atoms with E-state index < -0.39 is 0 Å². The number of carbonyl (C=O) groups is 3. The van der Waals surface area contributed by atoms with E-state index in [2.05, 4.69) is 0 Å². The molecule has 0 rings (SSSR count). The molecule has 0 fully saturated rings. The lowest BCUT2D eigenvalue weighted by Crippen LogP contribution is -2.07. The van der Waals surface area contributed by atoms with E-state index in [1.807, 2.05) is 0 Å². The Bertz CT molecular complexity index is 151. The molecule has 2 N–H and O–H groups in total. The van der Waals surface area contributed by atoms with Crippen LogP contribution in [0, 0.1) is 0 Å². The van der Waals surface area contributed by atoms with Crippen LogP contribution >= 0.6 is 0 Å². The van der Waals surface area contributed by atoms with E-state index in [1.165, 1.54) is 20.8 Å². The lowest BCUT2D eigenvalue weighted by atomic mass is 10.3. The molecule has 0 aromatic rings. The third kappa shape index (κ3) is 17.6. The first-order valence-electron chi connectivity index (χ1n) is 3.12. The first kappa shape index (κ1) is 12.6. The van der Waals surface area contributed by atoms with Crippen LogP contribution in [0.3, 0.4) is 0 Å². The molecule has 0 saturated heterocycles. The van der Waals surface area contributed by atoms with Crippen LogP contribution in [-0.4, -0.2) is 23.9 Å². The third-order valence-corrected chi connectivity index (χ3v) is 0.783. The fraction of sp³-hybridized carbons (Fsp3) is 0.571. The minimum Gasteiger partial charge on any atom is -0.324 e. The number of carbonyl (C=O) groups excluding carboxylic acids is 3. The van der Waals surface area contributed by atoms with Crippen LogP contribution in [-0.2, 0) is 14.4 Å². The van der Waals surface area contributed by atoms with Crippen molar-refractivity contribution < 1.29 is 14.4 Å². The monoisotopic (exact) mass is 159 g/mol. The summed E-state index contributed by atoms with van der Waals surface area (Å²) in [6.45, 7) is 4.13. The Labute approximate surface area is 65.8 Å². The molecule has 0 bridgehead atoms. The summed E-state index contributed by atoms with van der Waals surface area (Å²) in [6, 6.07) is 0. The van der Waals surface area contributed by atoms with Crippen molar-refractivity contribution >= 4 is 17.3 Å². The van der Waals surface area contributed by atoms with Crippen LogP contribution in [0.15, 0.2) is 0 Å². The summed E-state index contributed by atoms with van der Waals surface area (Å²) in [6.07, 6.45) is 0. The first-order valence-corrected chi connectivity index (χ1v) is 3.12. The van der Waals surface area contributed by atoms with Crippen molar-refractivity contribution in [2.24, 2.45) is 5.73 Å². The molecule has 0 aliphatic rings. The Balaban J connectivity index is 0. The SMILES string of the molecule is CC(=O)C(C)=O.CC(=O)CN. The van der Waals surface area contributed by atoms with Gasteiger partial charge < -0.3 is 5.73 Å². The smallest absolute Gasteiger partial charge is 0.195 e. The standard InChI is InChI=1S/C4H6O2.C3H7NO/c1-3(5)4(2)6;1-3(5)2-4/h1-2H3;2,4H2,1H3. The van der Waals surface area contributed by atoms with Crippen molar-refractivity contribution in [1.82, 2.24) is 0 Å². The molecule has 0 aromatic carbocycles. The molecule has 4 heteroatoms. The normalized spacial score (nSPS) is 7.64. The van der Waals surface area contributed by atoms with E-state index in [4.69, 9.17) is 5.73 Å². The Hall–Kier alpha value is -1.03. The summed E-state index contributed by atoms with van der Waals surface area (Å²) in [5.74, 6) is -0.727. The number of hydrogen-bond donors (Lipinski definition) is 1. The molecule has 0 aliphatic heterocycles. The van der Waals surface area contributed by atoms with Gasteiger partial charge in [-0.3, -0.25) is 14.4 Å². The molecular weight excluding hydrogens is 146 g/mol. The topological polar surface area (TPSA) is 77.2 Å². The molecule has 11 heavy (non-hydrogen) atoms. The predicted octanol–water partition coefficient (Wildman–Crippen LogP) is -0.301. The van der Waals surface area contributed by atoms with Crippen molar-refractivity contribution in [2.45, 2.75) is 20.8 Å². The molecule has 0 radical (unpaired) electrons. The molecule has 0 amide bonds. The molecule has 0 saturated carbocycles. The van der Waals surface area contributed by atoms with Crippen LogP contribution in [0.25, 0.3) is 0 Å². The molecule has 0 aliphatic carbocycles. The molecule has 0 unspecified atom stereocenters. The maximum absolute atomic E-state index is 9.79. The van der Waals surface area contributed by atoms with Crippen LogP contribution in [0.2, 0.25) is 0 Å². The van der Waals surface area contributed by atoms with Crippen molar-refractivity contribution in [3.05, 3.63) is 0 Å². The highest BCUT2D eigenvalue weighted by Crippen LogP contribution is 1.66. The second-order valence-electron chi connectivity index (χ2n) is 2.02. The molecule has 0 atom stereocenters. The largest absolute Gasteiger partial charge is 0.324 e. The lowest BCUT2D eigenvalue weighted by Gasteiger charge is -1.73. The zero-order valence-corrected chi connectivity index (χ0v) is 7.01. The summed E-state index contributed by atoms with van der Waals surface area (Å²) >= 11 is 0. The molecule has 0 aromatic heterocycles. The van der Waals surface area contributed by atoms with Gasteiger partial charge in [-0.05, 0) is 6.92 Å². The van der Waals surface area contributed by atoms with Gasteiger partial charge in [0.1, 0.15) is 5.78 Å². The van der Waals surface area contributed by atoms with Gasteiger partial charge in [0.25, 0.3) is 0 Å². The quantitative estimate of drug-likeness (QED) is 0.561. The van der Waals surface area contributed by atoms with Crippen molar-refractivity contribution in [2.75, 3.05) is 6.54 Å². The van der Waals surface area contributed by atoms with Gasteiger partial charge in [-0.15, -0.1) is 0 Å². The van der Waals surface area contributed by atoms with Crippen LogP contribution in [0.4, 0.5) is 0 Å². The van der Waals surface area contributed by atoms with E-state index in [1.54, 1.807) is 0 Å². The summed E-state index contributed by atoms with van der Waals surface area (Å²) in [5, 5.41) is 0. The van der Waals surface area contributed by atoms with E-state index >= 15 is 0 Å². The van der Waals surface area contributed by atoms with Gasteiger partial charge in [-0.1, -0.05) is 0 Å². The maximum atomic E-state index is 9.79. The minimum atomic E-state index is -0.380. The van der Waals surface area contributed by atoms with Gasteiger partial charge in [-0.25, -0.2) is 0 Å². The molecular formula is C7H13NO3. The average Bonchev–Trinajstić information content (AvgIpc) is 1.89. The van der Waals surface area contributed by atoms with Crippen LogP contribution in [0.5, 0.6) is 0 Å². The maximum Gasteiger partial charge on any atom is 0.195 e. The fourth-order valence-corrected chi connectivity index (χ4v) is 0. The highest BCUT2D eigenvalue weighted by molar-refractivity contribution is 6.35. The van der Waals surface area contributed by atoms with Crippen LogP contribution in [0.1, 0.15) is 20.8 Å². The van der Waals surface area contributed by atoms with Gasteiger partial charge in [0, 0.05) is 13.8 Å². The first-order chi connectivity index (χ1) is 4.91. The Kier molecular flexibility index (Phi) is 8.13. The van der Waals surface area contributed by atoms with Crippen molar-refractivity contribution in [3.8, 4) is 0 Å². The molecule has 0 heterocycles. The molecule has 4 nitrogen and oxygen atoms in total. The zero-order chi connectivity index (χ0) is 9.44. The fourth-order valence-electron chi connectivity index (χ4n) is 0. The second-order valence-corrected chi connectivity index (χ2v) is 2.02. The lowest BCUT2D eigenvalue weighted by molar-refractivity contribution is -0.134. The summed E-state index contributed by atoms with van der Waals surface area (Å²) in [5.41, 5.74) is 4.82. The van der Waals surface area contributed by atoms with E-state index in [-0.39, 0.29) is 23.9 Å². The Morgan fingerprint density at radius 1 is 1.00 bits per heavy atom. The molecule has 64 valence electrons. The van der Waals surface area contributed by atoms with Crippen molar-refractivity contribution in [3.63, 3.8) is 0 Å². The van der Waals surface area contributed by atoms with Crippen LogP contribution < -0.4 is 5.73 Å². The number of rotatable bonds is 2. The van der Waals surface area contributed by atoms with E-state index in [0.29, 0.717) is 0 Å². The van der Waals surface area contributed by atoms with E-state index in [9.17, 15) is 14.4 Å². The average molecular weight is 159 g/mol. The van der Waals surface area contributed by atoms with Gasteiger partial charge >= 0.3 is 0 Å². The van der Waals surface area contributed by atoms with Gasteiger partial charge in [-0.2, -0.15) is 0 Å². The minimum absolute atomic E-state index is 0.0324. The summed E-state index contributed by atoms with van der Waals surface area (Å²) in [4.78, 5) is 29.3. The summed E-state index contributed by atoms with van der Waals surface area (Å²) in [7, 11) is 0. The van der Waals surface area contributed by atoms with Crippen molar-refractivity contribution in [1.29, 1.82) is 0 Å². The number of Topliss-reactive ketones (excluding diaryl/α,β-unsaturated/α-hetero) is 3. The Morgan fingerprint density at radius 3 is 1.18 bits per heavy atom. The second kappa shape index (κ2) is 7.08. The third-order valence-electron chi connectivity index (χ3n) is 0.783. The number of hydrogen-bond acceptors (Lipinski definition) is 4. The Morgan fingerprint density at radius 2 is 1.18 bits per heavy atom. The highest BCUT2D eigenvalue weighted by Gasteiger charge is 1.94. The zero-order valence-electron chi connectivity index (χ0n) is 7.01. The summed E-state index contributed by atoms with van der Waals surface area (Å²) < 4.78 is 0. The van der Waals surface area contributed by atoms with Gasteiger partial charge in [0.15, 0.2) is 11.6 Å². The predicted molar refractivity (Wildman–Crippen MR) is 41.1 cm³/mol. The van der Waals surface area contributed by atoms with E-state index in [0.717, 1.165) is 0 Å². The number of nitrogens with two attached hydrogens (primary N) is 1. The van der Waals surface area contributed by atoms with Gasteiger partial charge in [0.2, 0.25) is 0 Å². The van der Waals surface area contributed by atoms with Gasteiger partial charge in [0.05, 0.1) is 6.54 Å². The highest BCUT2D eigenvalue weighted by atomic mass is 16.2.